The molecule has 0 aliphatic carbocycles. The van der Waals surface area contributed by atoms with Crippen molar-refractivity contribution in [1.82, 2.24) is 0 Å². The van der Waals surface area contributed by atoms with Crippen LogP contribution in [0.4, 0.5) is 0 Å². The van der Waals surface area contributed by atoms with Crippen molar-refractivity contribution < 1.29 is 24.7 Å². The Balaban J connectivity index is -0.0000000800. The summed E-state index contributed by atoms with van der Waals surface area (Å²) in [5.74, 6) is 0. The van der Waals surface area contributed by atoms with E-state index in [9.17, 15) is 0 Å². The SMILES string of the molecule is O.O=P([O-])([O-])[O-].[GeH+3]. The van der Waals surface area contributed by atoms with E-state index in [-0.39, 0.29) is 23.1 Å². The van der Waals surface area contributed by atoms with E-state index in [0.717, 1.165) is 0 Å². The van der Waals surface area contributed by atoms with Crippen LogP contribution in [0.1, 0.15) is 0 Å². The average Bonchev–Trinajstić information content (AvgIpc) is 0.722. The Labute approximate surface area is 50.9 Å². The number of rotatable bonds is 0. The van der Waals surface area contributed by atoms with Crippen molar-refractivity contribution in [2.45, 2.75) is 0 Å². The zero-order valence-corrected chi connectivity index (χ0v) is 6.47. The number of hydrogen-bond donors (Lipinski definition) is 0. The van der Waals surface area contributed by atoms with Gasteiger partial charge in [-0.25, -0.2) is 0 Å². The molecule has 0 heterocycles. The van der Waals surface area contributed by atoms with Crippen LogP contribution in [-0.2, 0) is 4.57 Å². The molecule has 0 unspecified atom stereocenters. The predicted octanol–water partition coefficient (Wildman–Crippen LogP) is -4.30. The molecule has 0 spiro atoms. The van der Waals surface area contributed by atoms with Crippen LogP contribution >= 0.6 is 7.82 Å². The van der Waals surface area contributed by atoms with Crippen LogP contribution < -0.4 is 14.7 Å². The summed E-state index contributed by atoms with van der Waals surface area (Å²) >= 11 is 0. The molecule has 7 heteroatoms. The topological polar surface area (TPSA) is 118 Å². The maximum absolute atomic E-state index is 8.55. The van der Waals surface area contributed by atoms with Crippen LogP contribution in [-0.4, -0.2) is 23.1 Å². The van der Waals surface area contributed by atoms with Gasteiger partial charge in [-0.15, -0.1) is 0 Å². The van der Waals surface area contributed by atoms with Gasteiger partial charge in [-0.3, -0.25) is 0 Å². The first-order chi connectivity index (χ1) is 2.00. The number of phosphoric acid groups is 1. The minimum absolute atomic E-state index is 0. The summed E-state index contributed by atoms with van der Waals surface area (Å²) in [6.07, 6.45) is 0. The van der Waals surface area contributed by atoms with E-state index in [0.29, 0.717) is 0 Å². The molecule has 42 valence electrons. The van der Waals surface area contributed by atoms with Crippen LogP contribution in [0, 0.1) is 0 Å². The second-order valence-corrected chi connectivity index (χ2v) is 1.34. The van der Waals surface area contributed by atoms with E-state index in [1.807, 2.05) is 0 Å². The van der Waals surface area contributed by atoms with Crippen molar-refractivity contribution in [1.29, 1.82) is 0 Å². The van der Waals surface area contributed by atoms with Crippen LogP contribution in [0.5, 0.6) is 0 Å². The molecule has 0 atom stereocenters. The van der Waals surface area contributed by atoms with Crippen molar-refractivity contribution in [3.05, 3.63) is 0 Å². The molecule has 0 saturated heterocycles. The molecule has 0 fully saturated rings. The van der Waals surface area contributed by atoms with E-state index < -0.39 is 7.82 Å². The summed E-state index contributed by atoms with van der Waals surface area (Å²) in [6.45, 7) is 0. The molecule has 2 N–H and O–H groups in total. The van der Waals surface area contributed by atoms with E-state index >= 15 is 0 Å². The van der Waals surface area contributed by atoms with Crippen LogP contribution in [0.25, 0.3) is 0 Å². The van der Waals surface area contributed by atoms with Gasteiger partial charge in [0.2, 0.25) is 0 Å². The molecule has 0 saturated carbocycles. The van der Waals surface area contributed by atoms with Crippen LogP contribution in [0.3, 0.4) is 0 Å². The van der Waals surface area contributed by atoms with Gasteiger partial charge in [0.05, 0.1) is 0 Å². The van der Waals surface area contributed by atoms with Crippen LogP contribution in [0.15, 0.2) is 0 Å². The van der Waals surface area contributed by atoms with E-state index in [1.165, 1.54) is 0 Å². The average molecular weight is 187 g/mol. The molecule has 0 aliphatic rings. The van der Waals surface area contributed by atoms with E-state index in [1.54, 1.807) is 0 Å². The second-order valence-electron chi connectivity index (χ2n) is 0.447. The van der Waals surface area contributed by atoms with Gasteiger partial charge < -0.3 is 24.7 Å². The fraction of sp³-hybridized carbons (Fsp3) is 0. The Hall–Kier alpha value is 0.613. The molecular formula is H3GeO5P. The molecule has 0 radical (unpaired) electrons. The van der Waals surface area contributed by atoms with E-state index in [4.69, 9.17) is 19.2 Å². The molecular weight excluding hydrogens is 184 g/mol. The second kappa shape index (κ2) is 4.76. The molecule has 0 bridgehead atoms. The maximum atomic E-state index is 8.55. The van der Waals surface area contributed by atoms with Gasteiger partial charge >= 0.3 is 17.6 Å². The van der Waals surface area contributed by atoms with Crippen molar-refractivity contribution in [3.8, 4) is 0 Å². The predicted molar refractivity (Wildman–Crippen MR) is 18.4 cm³/mol. The normalized spacial score (nSPS) is 8.43. The third-order valence-electron chi connectivity index (χ3n) is 0. The first kappa shape index (κ1) is 15.6. The van der Waals surface area contributed by atoms with Gasteiger partial charge in [0.15, 0.2) is 0 Å². The Morgan fingerprint density at radius 2 is 1.14 bits per heavy atom. The molecule has 0 aromatic heterocycles. The van der Waals surface area contributed by atoms with Crippen molar-refractivity contribution in [2.24, 2.45) is 0 Å². The fourth-order valence-electron chi connectivity index (χ4n) is 0. The third-order valence-corrected chi connectivity index (χ3v) is 0. The van der Waals surface area contributed by atoms with Gasteiger partial charge in [-0.1, -0.05) is 0 Å². The third kappa shape index (κ3) is 375. The van der Waals surface area contributed by atoms with E-state index in [2.05, 4.69) is 0 Å². The zero-order chi connectivity index (χ0) is 4.50. The Morgan fingerprint density at radius 1 is 1.14 bits per heavy atom. The van der Waals surface area contributed by atoms with Crippen molar-refractivity contribution in [2.75, 3.05) is 0 Å². The number of hydrogen-bond acceptors (Lipinski definition) is 4. The standard InChI is InChI=1S/GeH.H3O4P.H2O/c;1-5(2,3)4;/h1H;(H3,1,2,3,4);1H2/q+3;;/p-3. The van der Waals surface area contributed by atoms with Gasteiger partial charge in [-0.2, -0.15) is 7.82 Å². The summed E-state index contributed by atoms with van der Waals surface area (Å²) in [7, 11) is -5.39. The molecule has 0 rings (SSSR count). The Morgan fingerprint density at radius 3 is 1.14 bits per heavy atom. The monoisotopic (exact) mass is 188 g/mol. The molecule has 7 heavy (non-hydrogen) atoms. The van der Waals surface area contributed by atoms with Gasteiger partial charge in [0.25, 0.3) is 0 Å². The molecule has 0 aromatic rings. The van der Waals surface area contributed by atoms with Gasteiger partial charge in [-0.05, 0) is 0 Å². The first-order valence-corrected chi connectivity index (χ1v) is 2.19. The summed E-state index contributed by atoms with van der Waals surface area (Å²) in [5.41, 5.74) is 0. The van der Waals surface area contributed by atoms with Crippen LogP contribution in [0.2, 0.25) is 0 Å². The van der Waals surface area contributed by atoms with Gasteiger partial charge in [0.1, 0.15) is 0 Å². The first-order valence-electron chi connectivity index (χ1n) is 0.730. The minimum atomic E-state index is -5.39. The molecule has 0 aromatic carbocycles. The quantitative estimate of drug-likeness (QED) is 0.281. The van der Waals surface area contributed by atoms with Crippen molar-refractivity contribution in [3.63, 3.8) is 0 Å². The van der Waals surface area contributed by atoms with Crippen molar-refractivity contribution >= 4 is 25.4 Å². The fourth-order valence-corrected chi connectivity index (χ4v) is 0. The summed E-state index contributed by atoms with van der Waals surface area (Å²) in [4.78, 5) is 25.6. The summed E-state index contributed by atoms with van der Waals surface area (Å²) < 4.78 is 8.55. The Kier molecular flexibility index (Phi) is 10.6. The summed E-state index contributed by atoms with van der Waals surface area (Å²) in [5, 5.41) is 0. The summed E-state index contributed by atoms with van der Waals surface area (Å²) in [6, 6.07) is 0. The molecule has 5 nitrogen and oxygen atoms in total. The van der Waals surface area contributed by atoms with Gasteiger partial charge in [0, 0.05) is 0 Å². The molecule has 0 amide bonds. The Bertz CT molecular complexity index is 54.2. The molecule has 0 aliphatic heterocycles. The zero-order valence-electron chi connectivity index (χ0n) is 3.16.